The summed E-state index contributed by atoms with van der Waals surface area (Å²) in [6.45, 7) is 6.63. The molecule has 0 radical (unpaired) electrons. The molecule has 5 N–H and O–H groups in total. The lowest BCUT2D eigenvalue weighted by Gasteiger charge is -2.51. The van der Waals surface area contributed by atoms with Crippen LogP contribution in [0.25, 0.3) is 0 Å². The van der Waals surface area contributed by atoms with E-state index in [1.807, 2.05) is 13.8 Å². The largest absolute Gasteiger partial charge is 0.392 e. The first-order chi connectivity index (χ1) is 11.9. The Labute approximate surface area is 152 Å². The second-order valence-corrected chi connectivity index (χ2v) is 9.41. The number of aliphatic hydroxyl groups excluding tert-OH is 2. The number of Topliss-reactive ketones (excluding diaryl/α,β-unsaturated/α-hetero) is 1. The van der Waals surface area contributed by atoms with Crippen LogP contribution < -0.4 is 0 Å². The molecule has 0 unspecified atom stereocenters. The van der Waals surface area contributed by atoms with Crippen molar-refractivity contribution in [3.05, 3.63) is 23.3 Å². The Morgan fingerprint density at radius 3 is 2.38 bits per heavy atom. The minimum Gasteiger partial charge on any atom is -0.392 e. The van der Waals surface area contributed by atoms with Crippen LogP contribution in [0.5, 0.6) is 0 Å². The van der Waals surface area contributed by atoms with Gasteiger partial charge in [-0.2, -0.15) is 0 Å². The van der Waals surface area contributed by atoms with Crippen molar-refractivity contribution in [3.8, 4) is 0 Å². The van der Waals surface area contributed by atoms with Gasteiger partial charge in [0.15, 0.2) is 5.78 Å². The first-order valence-corrected chi connectivity index (χ1v) is 9.27. The fraction of sp³-hybridized carbons (Fsp3) is 0.750. The minimum atomic E-state index is -1.84. The van der Waals surface area contributed by atoms with Crippen molar-refractivity contribution in [2.24, 2.45) is 29.1 Å². The van der Waals surface area contributed by atoms with Crippen molar-refractivity contribution in [1.29, 1.82) is 0 Å². The van der Waals surface area contributed by atoms with Crippen molar-refractivity contribution in [2.75, 3.05) is 6.61 Å². The predicted octanol–water partition coefficient (Wildman–Crippen LogP) is -0.0699. The van der Waals surface area contributed by atoms with Crippen molar-refractivity contribution in [2.45, 2.75) is 57.0 Å². The Kier molecular flexibility index (Phi) is 3.42. The van der Waals surface area contributed by atoms with Crippen LogP contribution in [0.2, 0.25) is 0 Å². The van der Waals surface area contributed by atoms with Gasteiger partial charge in [-0.15, -0.1) is 0 Å². The summed E-state index contributed by atoms with van der Waals surface area (Å²) >= 11 is 0. The molecule has 6 heteroatoms. The molecule has 2 saturated carbocycles. The second-order valence-electron chi connectivity index (χ2n) is 9.41. The molecule has 144 valence electrons. The van der Waals surface area contributed by atoms with Crippen LogP contribution in [0.15, 0.2) is 23.3 Å². The van der Waals surface area contributed by atoms with E-state index in [1.165, 1.54) is 0 Å². The summed E-state index contributed by atoms with van der Waals surface area (Å²) in [5, 5.41) is 54.9. The molecule has 2 fully saturated rings. The summed E-state index contributed by atoms with van der Waals surface area (Å²) in [6, 6.07) is 0. The first-order valence-electron chi connectivity index (χ1n) is 9.27. The summed E-state index contributed by atoms with van der Waals surface area (Å²) in [5.41, 5.74) is -4.57. The first kappa shape index (κ1) is 18.3. The molecule has 8 atom stereocenters. The van der Waals surface area contributed by atoms with Crippen LogP contribution in [0.4, 0.5) is 0 Å². The SMILES string of the molecule is CC1=C[C@H]2[C@]3(O)[C@@H](C)[C@@H](O)[C@@]4(O)[C@H]([C@@H]3C=C(CO)C[C@@]2(O)C1=O)C4(C)C. The van der Waals surface area contributed by atoms with Crippen LogP contribution in [-0.2, 0) is 4.79 Å². The van der Waals surface area contributed by atoms with Gasteiger partial charge in [0.2, 0.25) is 0 Å². The third kappa shape index (κ3) is 1.69. The molecular weight excluding hydrogens is 336 g/mol. The number of hydrogen-bond acceptors (Lipinski definition) is 6. The zero-order valence-corrected chi connectivity index (χ0v) is 15.6. The summed E-state index contributed by atoms with van der Waals surface area (Å²) in [5.74, 6) is -3.14. The number of carbonyl (C=O) groups excluding carboxylic acids is 1. The lowest BCUT2D eigenvalue weighted by molar-refractivity contribution is -0.209. The maximum Gasteiger partial charge on any atom is 0.190 e. The lowest BCUT2D eigenvalue weighted by atomic mass is 9.59. The van der Waals surface area contributed by atoms with Gasteiger partial charge in [-0.3, -0.25) is 4.79 Å². The highest BCUT2D eigenvalue weighted by Gasteiger charge is 2.84. The standard InChI is InChI=1S/C20H28O6/c1-9-5-13-18(24,15(9)22)7-11(8-21)6-12-14-17(3,4)20(14,26)16(23)10(2)19(12,13)25/h5-6,10,12-14,16,21,23-26H,7-8H2,1-4H3/t10-,12-,13+,14+,16+,18-,19-,20-/m0/s1. The Balaban J connectivity index is 1.96. The molecule has 4 aliphatic rings. The molecule has 0 aliphatic heterocycles. The highest BCUT2D eigenvalue weighted by molar-refractivity contribution is 6.04. The van der Waals surface area contributed by atoms with Gasteiger partial charge in [-0.1, -0.05) is 32.9 Å². The molecule has 0 amide bonds. The number of fused-ring (bicyclic) bond motifs is 5. The van der Waals surface area contributed by atoms with E-state index in [9.17, 15) is 30.3 Å². The van der Waals surface area contributed by atoms with Crippen LogP contribution in [-0.4, -0.2) is 60.8 Å². The van der Waals surface area contributed by atoms with E-state index in [2.05, 4.69) is 0 Å². The van der Waals surface area contributed by atoms with Crippen LogP contribution >= 0.6 is 0 Å². The van der Waals surface area contributed by atoms with E-state index in [0.29, 0.717) is 11.1 Å². The summed E-state index contributed by atoms with van der Waals surface area (Å²) in [6.07, 6.45) is 2.08. The van der Waals surface area contributed by atoms with Crippen LogP contribution in [0.1, 0.15) is 34.1 Å². The average Bonchev–Trinajstić information content (AvgIpc) is 2.97. The van der Waals surface area contributed by atoms with E-state index in [-0.39, 0.29) is 13.0 Å². The van der Waals surface area contributed by atoms with E-state index in [1.54, 1.807) is 26.0 Å². The van der Waals surface area contributed by atoms with Crippen LogP contribution in [0, 0.1) is 29.1 Å². The van der Waals surface area contributed by atoms with E-state index in [0.717, 1.165) is 0 Å². The van der Waals surface area contributed by atoms with Crippen LogP contribution in [0.3, 0.4) is 0 Å². The van der Waals surface area contributed by atoms with Gasteiger partial charge in [0, 0.05) is 35.5 Å². The molecule has 0 aromatic carbocycles. The maximum atomic E-state index is 12.7. The van der Waals surface area contributed by atoms with Crippen molar-refractivity contribution >= 4 is 5.78 Å². The van der Waals surface area contributed by atoms with Gasteiger partial charge in [-0.05, 0) is 18.1 Å². The van der Waals surface area contributed by atoms with Gasteiger partial charge < -0.3 is 25.5 Å². The molecule has 0 heterocycles. The predicted molar refractivity (Wildman–Crippen MR) is 92.8 cm³/mol. The quantitative estimate of drug-likeness (QED) is 0.416. The molecular formula is C20H28O6. The van der Waals surface area contributed by atoms with E-state index >= 15 is 0 Å². The molecule has 0 aromatic rings. The van der Waals surface area contributed by atoms with Gasteiger partial charge in [0.05, 0.1) is 18.3 Å². The number of hydrogen-bond donors (Lipinski definition) is 5. The maximum absolute atomic E-state index is 12.7. The van der Waals surface area contributed by atoms with Gasteiger partial charge in [0.25, 0.3) is 0 Å². The fourth-order valence-corrected chi connectivity index (χ4v) is 6.45. The van der Waals surface area contributed by atoms with Crippen molar-refractivity contribution in [3.63, 3.8) is 0 Å². The smallest absolute Gasteiger partial charge is 0.190 e. The highest BCUT2D eigenvalue weighted by Crippen LogP contribution is 2.74. The van der Waals surface area contributed by atoms with Crippen molar-refractivity contribution < 1.29 is 30.3 Å². The molecule has 0 aromatic heterocycles. The number of carbonyl (C=O) groups is 1. The molecule has 0 bridgehead atoms. The molecule has 4 rings (SSSR count). The zero-order chi connectivity index (χ0) is 19.4. The number of ketones is 1. The Morgan fingerprint density at radius 2 is 1.81 bits per heavy atom. The molecule has 6 nitrogen and oxygen atoms in total. The molecule has 0 spiro atoms. The molecule has 26 heavy (non-hydrogen) atoms. The summed E-state index contributed by atoms with van der Waals surface area (Å²) < 4.78 is 0. The topological polar surface area (TPSA) is 118 Å². The van der Waals surface area contributed by atoms with Crippen molar-refractivity contribution in [1.82, 2.24) is 0 Å². The van der Waals surface area contributed by atoms with Gasteiger partial charge in [-0.25, -0.2) is 0 Å². The lowest BCUT2D eigenvalue weighted by Crippen LogP contribution is -2.65. The third-order valence-electron chi connectivity index (χ3n) is 8.04. The highest BCUT2D eigenvalue weighted by atomic mass is 16.4. The Bertz CT molecular complexity index is 753. The van der Waals surface area contributed by atoms with Gasteiger partial charge in [0.1, 0.15) is 11.2 Å². The number of rotatable bonds is 1. The monoisotopic (exact) mass is 364 g/mol. The summed E-state index contributed by atoms with van der Waals surface area (Å²) in [7, 11) is 0. The molecule has 0 saturated heterocycles. The van der Waals surface area contributed by atoms with Gasteiger partial charge >= 0.3 is 0 Å². The third-order valence-corrected chi connectivity index (χ3v) is 8.04. The fourth-order valence-electron chi connectivity index (χ4n) is 6.45. The Morgan fingerprint density at radius 1 is 1.19 bits per heavy atom. The number of aliphatic hydroxyl groups is 5. The molecule has 4 aliphatic carbocycles. The van der Waals surface area contributed by atoms with E-state index in [4.69, 9.17) is 0 Å². The Hall–Kier alpha value is -1.05. The normalized spacial score (nSPS) is 54.5. The van der Waals surface area contributed by atoms with E-state index < -0.39 is 57.8 Å². The minimum absolute atomic E-state index is 0.0615. The second kappa shape index (κ2) is 4.86. The summed E-state index contributed by atoms with van der Waals surface area (Å²) in [4.78, 5) is 12.7. The average molecular weight is 364 g/mol. The zero-order valence-electron chi connectivity index (χ0n) is 15.6.